The Bertz CT molecular complexity index is 667. The van der Waals surface area contributed by atoms with Crippen molar-refractivity contribution in [3.05, 3.63) is 29.0 Å². The average molecular weight is 284 g/mol. The van der Waals surface area contributed by atoms with E-state index in [-0.39, 0.29) is 6.61 Å². The Balaban J connectivity index is 1.73. The molecule has 0 aliphatic heterocycles. The van der Waals surface area contributed by atoms with Crippen molar-refractivity contribution in [3.63, 3.8) is 0 Å². The second-order valence-electron chi connectivity index (χ2n) is 7.31. The highest BCUT2D eigenvalue weighted by atomic mass is 16.3. The number of H-pyrrole nitrogens is 1. The second-order valence-corrected chi connectivity index (χ2v) is 7.31. The van der Waals surface area contributed by atoms with Gasteiger partial charge in [-0.05, 0) is 54.2 Å². The van der Waals surface area contributed by atoms with Crippen molar-refractivity contribution < 1.29 is 5.11 Å². The highest BCUT2D eigenvalue weighted by Gasteiger charge is 2.39. The monoisotopic (exact) mass is 284 g/mol. The zero-order valence-corrected chi connectivity index (χ0v) is 12.8. The van der Waals surface area contributed by atoms with Gasteiger partial charge in [-0.2, -0.15) is 5.10 Å². The molecule has 1 unspecified atom stereocenters. The molecule has 0 amide bonds. The zero-order valence-electron chi connectivity index (χ0n) is 12.8. The second kappa shape index (κ2) is 4.84. The molecule has 1 fully saturated rings. The molecular weight excluding hydrogens is 260 g/mol. The van der Waals surface area contributed by atoms with E-state index in [9.17, 15) is 5.11 Å². The van der Waals surface area contributed by atoms with Crippen LogP contribution < -0.4 is 0 Å². The van der Waals surface area contributed by atoms with Crippen molar-refractivity contribution in [3.8, 4) is 0 Å². The Kier molecular flexibility index (Phi) is 3.07. The van der Waals surface area contributed by atoms with Gasteiger partial charge < -0.3 is 5.11 Å². The molecule has 1 atom stereocenters. The smallest absolute Gasteiger partial charge is 0.0708 e. The minimum Gasteiger partial charge on any atom is -0.392 e. The molecule has 0 radical (unpaired) electrons. The van der Waals surface area contributed by atoms with Crippen molar-refractivity contribution in [2.45, 2.75) is 58.5 Å². The Morgan fingerprint density at radius 2 is 2.10 bits per heavy atom. The molecule has 2 N–H and O–H groups in total. The number of aromatic amines is 1. The van der Waals surface area contributed by atoms with Crippen molar-refractivity contribution in [1.29, 1.82) is 0 Å². The van der Waals surface area contributed by atoms with Crippen LogP contribution in [0.4, 0.5) is 0 Å². The molecule has 21 heavy (non-hydrogen) atoms. The normalized spacial score (nSPS) is 24.4. The summed E-state index contributed by atoms with van der Waals surface area (Å²) in [5, 5.41) is 18.2. The quantitative estimate of drug-likeness (QED) is 0.882. The maximum Gasteiger partial charge on any atom is 0.0708 e. The van der Waals surface area contributed by atoms with Gasteiger partial charge in [0.15, 0.2) is 0 Å². The average Bonchev–Trinajstić information content (AvgIpc) is 3.11. The van der Waals surface area contributed by atoms with Crippen LogP contribution in [0.1, 0.15) is 55.7 Å². The Labute approximate surface area is 125 Å². The number of hydrogen-bond acceptors (Lipinski definition) is 2. The van der Waals surface area contributed by atoms with Crippen LogP contribution in [0.15, 0.2) is 12.3 Å². The number of rotatable bonds is 2. The van der Waals surface area contributed by atoms with Crippen LogP contribution in [0, 0.1) is 11.3 Å². The van der Waals surface area contributed by atoms with Crippen molar-refractivity contribution in [1.82, 2.24) is 10.2 Å². The predicted octanol–water partition coefficient (Wildman–Crippen LogP) is 3.74. The molecule has 3 heteroatoms. The summed E-state index contributed by atoms with van der Waals surface area (Å²) in [7, 11) is 0. The maximum absolute atomic E-state index is 9.83. The number of nitrogens with zero attached hydrogens (tertiary/aromatic N) is 1. The maximum atomic E-state index is 9.83. The minimum absolute atomic E-state index is 0.116. The van der Waals surface area contributed by atoms with E-state index < -0.39 is 0 Å². The summed E-state index contributed by atoms with van der Waals surface area (Å²) in [6, 6.07) is 2.29. The van der Waals surface area contributed by atoms with Gasteiger partial charge in [0.25, 0.3) is 0 Å². The molecule has 3 nitrogen and oxygen atoms in total. The van der Waals surface area contributed by atoms with Crippen LogP contribution in [0.2, 0.25) is 0 Å². The van der Waals surface area contributed by atoms with E-state index in [0.717, 1.165) is 28.8 Å². The largest absolute Gasteiger partial charge is 0.392 e. The third-order valence-corrected chi connectivity index (χ3v) is 6.11. The standard InChI is InChI=1S/C18H24N2O/c1-18(5-3-2-4-6-18)14-8-12-7-13-10-19-20-17(13)16(11-21)15(12)9-14/h7,10,14,21H,2-6,8-9,11H2,1H3,(H,19,20). The lowest BCUT2D eigenvalue weighted by Crippen LogP contribution is -2.30. The van der Waals surface area contributed by atoms with Crippen molar-refractivity contribution in [2.24, 2.45) is 11.3 Å². The molecule has 1 aromatic carbocycles. The molecule has 0 saturated heterocycles. The van der Waals surface area contributed by atoms with Crippen LogP contribution in [0.5, 0.6) is 0 Å². The number of aliphatic hydroxyl groups is 1. The molecule has 4 rings (SSSR count). The highest BCUT2D eigenvalue weighted by Crippen LogP contribution is 2.48. The van der Waals surface area contributed by atoms with E-state index in [2.05, 4.69) is 23.2 Å². The topological polar surface area (TPSA) is 48.9 Å². The van der Waals surface area contributed by atoms with Gasteiger partial charge in [0, 0.05) is 10.9 Å². The fourth-order valence-electron chi connectivity index (χ4n) is 4.72. The molecule has 1 aromatic heterocycles. The molecule has 2 aliphatic carbocycles. The number of fused-ring (bicyclic) bond motifs is 2. The molecule has 1 heterocycles. The van der Waals surface area contributed by atoms with E-state index in [4.69, 9.17) is 0 Å². The Morgan fingerprint density at radius 1 is 1.29 bits per heavy atom. The molecule has 0 spiro atoms. The first-order chi connectivity index (χ1) is 10.2. The Hall–Kier alpha value is -1.35. The highest BCUT2D eigenvalue weighted by molar-refractivity contribution is 5.84. The lowest BCUT2D eigenvalue weighted by molar-refractivity contribution is 0.124. The summed E-state index contributed by atoms with van der Waals surface area (Å²) in [5.74, 6) is 0.748. The lowest BCUT2D eigenvalue weighted by Gasteiger charge is -2.39. The number of hydrogen-bond donors (Lipinski definition) is 2. The summed E-state index contributed by atoms with van der Waals surface area (Å²) in [6.07, 6.45) is 11.1. The van der Waals surface area contributed by atoms with Gasteiger partial charge in [-0.25, -0.2) is 0 Å². The minimum atomic E-state index is 0.116. The fourth-order valence-corrected chi connectivity index (χ4v) is 4.72. The number of aromatic nitrogens is 2. The van der Waals surface area contributed by atoms with Crippen LogP contribution in [-0.2, 0) is 19.4 Å². The molecule has 112 valence electrons. The van der Waals surface area contributed by atoms with E-state index >= 15 is 0 Å². The fraction of sp³-hybridized carbons (Fsp3) is 0.611. The van der Waals surface area contributed by atoms with Gasteiger partial charge in [-0.15, -0.1) is 0 Å². The predicted molar refractivity (Wildman–Crippen MR) is 84.1 cm³/mol. The van der Waals surface area contributed by atoms with Crippen LogP contribution >= 0.6 is 0 Å². The summed E-state index contributed by atoms with van der Waals surface area (Å²) in [4.78, 5) is 0. The lowest BCUT2D eigenvalue weighted by atomic mass is 9.66. The SMILES string of the molecule is CC1(C2Cc3cc4cn[nH]c4c(CO)c3C2)CCCCC1. The number of aliphatic hydroxyl groups excluding tert-OH is 1. The molecule has 2 aliphatic rings. The zero-order chi connectivity index (χ0) is 14.4. The summed E-state index contributed by atoms with van der Waals surface area (Å²) < 4.78 is 0. The van der Waals surface area contributed by atoms with Crippen molar-refractivity contribution >= 4 is 10.9 Å². The molecular formula is C18H24N2O. The van der Waals surface area contributed by atoms with Gasteiger partial charge in [0.2, 0.25) is 0 Å². The molecule has 1 saturated carbocycles. The number of nitrogens with one attached hydrogen (secondary N) is 1. The van der Waals surface area contributed by atoms with E-state index in [1.165, 1.54) is 49.7 Å². The summed E-state index contributed by atoms with van der Waals surface area (Å²) in [5.41, 5.74) is 5.46. The van der Waals surface area contributed by atoms with Gasteiger partial charge in [0.05, 0.1) is 18.3 Å². The first-order valence-corrected chi connectivity index (χ1v) is 8.29. The summed E-state index contributed by atoms with van der Waals surface area (Å²) >= 11 is 0. The van der Waals surface area contributed by atoms with Crippen LogP contribution in [0.3, 0.4) is 0 Å². The first-order valence-electron chi connectivity index (χ1n) is 8.29. The van der Waals surface area contributed by atoms with Crippen molar-refractivity contribution in [2.75, 3.05) is 0 Å². The van der Waals surface area contributed by atoms with Gasteiger partial charge >= 0.3 is 0 Å². The first kappa shape index (κ1) is 13.3. The molecule has 0 bridgehead atoms. The van der Waals surface area contributed by atoms with E-state index in [0.29, 0.717) is 5.41 Å². The molecule has 2 aromatic rings. The third kappa shape index (κ3) is 2.02. The van der Waals surface area contributed by atoms with Crippen LogP contribution in [-0.4, -0.2) is 15.3 Å². The van der Waals surface area contributed by atoms with E-state index in [1.807, 2.05) is 6.20 Å². The van der Waals surface area contributed by atoms with Gasteiger partial charge in [-0.3, -0.25) is 5.10 Å². The van der Waals surface area contributed by atoms with Crippen LogP contribution in [0.25, 0.3) is 10.9 Å². The third-order valence-electron chi connectivity index (χ3n) is 6.11. The van der Waals surface area contributed by atoms with E-state index in [1.54, 1.807) is 0 Å². The van der Waals surface area contributed by atoms with Gasteiger partial charge in [-0.1, -0.05) is 26.2 Å². The van der Waals surface area contributed by atoms with Gasteiger partial charge in [0.1, 0.15) is 0 Å². The Morgan fingerprint density at radius 3 is 2.86 bits per heavy atom. The number of benzene rings is 1. The summed E-state index contributed by atoms with van der Waals surface area (Å²) in [6.45, 7) is 2.61.